The first kappa shape index (κ1) is 15.2. The van der Waals surface area contributed by atoms with Gasteiger partial charge < -0.3 is 0 Å². The Morgan fingerprint density at radius 3 is 2.77 bits per heavy atom. The van der Waals surface area contributed by atoms with Gasteiger partial charge in [-0.15, -0.1) is 10.2 Å². The van der Waals surface area contributed by atoms with Crippen LogP contribution in [0.15, 0.2) is 39.7 Å². The number of fused-ring (bicyclic) bond motifs is 1. The van der Waals surface area contributed by atoms with Gasteiger partial charge in [0.1, 0.15) is 5.03 Å². The zero-order valence-electron chi connectivity index (χ0n) is 11.8. The van der Waals surface area contributed by atoms with E-state index in [9.17, 15) is 8.42 Å². The van der Waals surface area contributed by atoms with Crippen molar-refractivity contribution in [2.45, 2.75) is 16.3 Å². The lowest BCUT2D eigenvalue weighted by Gasteiger charge is -2.04. The van der Waals surface area contributed by atoms with E-state index in [1.807, 2.05) is 37.3 Å². The van der Waals surface area contributed by atoms with Gasteiger partial charge in [0.25, 0.3) is 0 Å². The van der Waals surface area contributed by atoms with Crippen molar-refractivity contribution in [1.29, 1.82) is 0 Å². The van der Waals surface area contributed by atoms with Gasteiger partial charge in [0, 0.05) is 5.39 Å². The molecule has 0 bridgehead atoms. The summed E-state index contributed by atoms with van der Waals surface area (Å²) in [5.74, 6) is 0. The van der Waals surface area contributed by atoms with E-state index in [2.05, 4.69) is 19.9 Å². The fraction of sp³-hybridized carbons (Fsp3) is 0.154. The van der Waals surface area contributed by atoms with Crippen LogP contribution in [-0.2, 0) is 10.0 Å². The largest absolute Gasteiger partial charge is 0.257 e. The van der Waals surface area contributed by atoms with Crippen molar-refractivity contribution in [3.8, 4) is 0 Å². The molecule has 22 heavy (non-hydrogen) atoms. The Kier molecular flexibility index (Phi) is 4.02. The first-order valence-electron chi connectivity index (χ1n) is 6.26. The van der Waals surface area contributed by atoms with Crippen LogP contribution in [0.5, 0.6) is 0 Å². The molecule has 0 radical (unpaired) electrons. The van der Waals surface area contributed by atoms with E-state index < -0.39 is 10.0 Å². The molecule has 0 aliphatic rings. The molecule has 0 fully saturated rings. The smallest absolute Gasteiger partial charge is 0.231 e. The maximum Gasteiger partial charge on any atom is 0.231 e. The number of rotatable bonds is 4. The summed E-state index contributed by atoms with van der Waals surface area (Å²) in [6.45, 7) is 2.03. The summed E-state index contributed by atoms with van der Waals surface area (Å²) in [4.78, 5) is 4.58. The second-order valence-corrected chi connectivity index (χ2v) is 8.64. The van der Waals surface area contributed by atoms with Gasteiger partial charge in [0.2, 0.25) is 15.2 Å². The van der Waals surface area contributed by atoms with Crippen molar-refractivity contribution >= 4 is 49.2 Å². The van der Waals surface area contributed by atoms with Gasteiger partial charge in [-0.2, -0.15) is 0 Å². The molecule has 0 aliphatic heterocycles. The minimum absolute atomic E-state index is 0.252. The summed E-state index contributed by atoms with van der Waals surface area (Å²) >= 11 is 2.54. The molecule has 1 N–H and O–H groups in total. The highest BCUT2D eigenvalue weighted by Gasteiger charge is 2.11. The van der Waals surface area contributed by atoms with Crippen LogP contribution in [0.25, 0.3) is 10.9 Å². The molecular weight excluding hydrogens is 340 g/mol. The van der Waals surface area contributed by atoms with Crippen molar-refractivity contribution in [3.05, 3.63) is 35.9 Å². The number of sulfonamides is 1. The number of nitrogens with one attached hydrogen (secondary N) is 1. The average Bonchev–Trinajstić information content (AvgIpc) is 2.83. The number of hydrogen-bond donors (Lipinski definition) is 1. The third kappa shape index (κ3) is 3.54. The lowest BCUT2D eigenvalue weighted by molar-refractivity contribution is 0.606. The minimum Gasteiger partial charge on any atom is -0.257 e. The van der Waals surface area contributed by atoms with E-state index >= 15 is 0 Å². The summed E-state index contributed by atoms with van der Waals surface area (Å²) < 4.78 is 25.3. The van der Waals surface area contributed by atoms with Crippen LogP contribution in [0.3, 0.4) is 0 Å². The molecule has 2 heterocycles. The standard InChI is InChI=1S/C13H12N4O2S3/c1-8-7-11(14-10-6-4-3-5-9(8)10)20-13-16-15-12(21-13)17-22(2,18)19/h3-7H,1-2H3,(H,15,17). The first-order valence-corrected chi connectivity index (χ1v) is 9.79. The zero-order valence-corrected chi connectivity index (χ0v) is 14.2. The second-order valence-electron chi connectivity index (χ2n) is 4.64. The molecule has 0 atom stereocenters. The van der Waals surface area contributed by atoms with Crippen molar-refractivity contribution < 1.29 is 8.42 Å². The fourth-order valence-corrected chi connectivity index (χ4v) is 4.52. The number of anilines is 1. The highest BCUT2D eigenvalue weighted by molar-refractivity contribution is 8.01. The number of nitrogens with zero attached hydrogens (tertiary/aromatic N) is 3. The summed E-state index contributed by atoms with van der Waals surface area (Å²) in [6, 6.07) is 9.91. The minimum atomic E-state index is -3.34. The predicted octanol–water partition coefficient (Wildman–Crippen LogP) is 2.92. The van der Waals surface area contributed by atoms with E-state index in [-0.39, 0.29) is 5.13 Å². The van der Waals surface area contributed by atoms with Crippen LogP contribution >= 0.6 is 23.1 Å². The molecule has 0 saturated heterocycles. The van der Waals surface area contributed by atoms with Crippen LogP contribution in [-0.4, -0.2) is 29.9 Å². The Morgan fingerprint density at radius 2 is 2.00 bits per heavy atom. The summed E-state index contributed by atoms with van der Waals surface area (Å²) in [6.07, 6.45) is 1.08. The van der Waals surface area contributed by atoms with Gasteiger partial charge in [-0.05, 0) is 36.4 Å². The molecule has 0 spiro atoms. The van der Waals surface area contributed by atoms with E-state index in [4.69, 9.17) is 0 Å². The fourth-order valence-electron chi connectivity index (χ4n) is 1.91. The number of hydrogen-bond acceptors (Lipinski definition) is 7. The summed E-state index contributed by atoms with van der Waals surface area (Å²) in [5.41, 5.74) is 2.05. The monoisotopic (exact) mass is 352 g/mol. The Bertz CT molecular complexity index is 937. The van der Waals surface area contributed by atoms with E-state index in [1.165, 1.54) is 23.1 Å². The molecule has 6 nitrogen and oxygen atoms in total. The summed E-state index contributed by atoms with van der Waals surface area (Å²) in [7, 11) is -3.34. The molecule has 114 valence electrons. The van der Waals surface area contributed by atoms with Gasteiger partial charge in [0.05, 0.1) is 11.8 Å². The maximum absolute atomic E-state index is 11.2. The molecular formula is C13H12N4O2S3. The number of para-hydroxylation sites is 1. The number of aromatic nitrogens is 3. The van der Waals surface area contributed by atoms with Crippen LogP contribution in [0.2, 0.25) is 0 Å². The molecule has 0 aliphatic carbocycles. The third-order valence-corrected chi connectivity index (χ3v) is 5.27. The van der Waals surface area contributed by atoms with Crippen molar-refractivity contribution in [1.82, 2.24) is 15.2 Å². The van der Waals surface area contributed by atoms with Crippen LogP contribution < -0.4 is 4.72 Å². The van der Waals surface area contributed by atoms with Gasteiger partial charge in [0.15, 0.2) is 4.34 Å². The van der Waals surface area contributed by atoms with Gasteiger partial charge in [-0.1, -0.05) is 29.5 Å². The molecule has 0 unspecified atom stereocenters. The molecule has 1 aromatic carbocycles. The topological polar surface area (TPSA) is 84.8 Å². The SMILES string of the molecule is Cc1cc(Sc2nnc(NS(C)(=O)=O)s2)nc2ccccc12. The second kappa shape index (κ2) is 5.82. The highest BCUT2D eigenvalue weighted by atomic mass is 32.2. The van der Waals surface area contributed by atoms with E-state index in [0.29, 0.717) is 4.34 Å². The quantitative estimate of drug-likeness (QED) is 0.777. The van der Waals surface area contributed by atoms with Crippen molar-refractivity contribution in [3.63, 3.8) is 0 Å². The normalized spacial score (nSPS) is 11.7. The Hall–Kier alpha value is -1.71. The van der Waals surface area contributed by atoms with Gasteiger partial charge >= 0.3 is 0 Å². The lowest BCUT2D eigenvalue weighted by Crippen LogP contribution is -2.08. The molecule has 9 heteroatoms. The Balaban J connectivity index is 1.87. The Labute approximate surface area is 136 Å². The molecule has 0 saturated carbocycles. The highest BCUT2D eigenvalue weighted by Crippen LogP contribution is 2.32. The predicted molar refractivity (Wildman–Crippen MR) is 89.0 cm³/mol. The van der Waals surface area contributed by atoms with Crippen molar-refractivity contribution in [2.24, 2.45) is 0 Å². The van der Waals surface area contributed by atoms with E-state index in [1.54, 1.807) is 0 Å². The average molecular weight is 352 g/mol. The zero-order chi connectivity index (χ0) is 15.7. The molecule has 2 aromatic heterocycles. The van der Waals surface area contributed by atoms with Crippen LogP contribution in [0.1, 0.15) is 5.56 Å². The van der Waals surface area contributed by atoms with Crippen molar-refractivity contribution in [2.75, 3.05) is 11.0 Å². The van der Waals surface area contributed by atoms with Gasteiger partial charge in [-0.25, -0.2) is 13.4 Å². The lowest BCUT2D eigenvalue weighted by atomic mass is 10.1. The van der Waals surface area contributed by atoms with Crippen LogP contribution in [0.4, 0.5) is 5.13 Å². The summed E-state index contributed by atoms with van der Waals surface area (Å²) in [5, 5.41) is 9.95. The number of pyridine rings is 1. The van der Waals surface area contributed by atoms with Gasteiger partial charge in [-0.3, -0.25) is 4.72 Å². The van der Waals surface area contributed by atoms with Crippen LogP contribution in [0, 0.1) is 6.92 Å². The third-order valence-electron chi connectivity index (χ3n) is 2.77. The number of aryl methyl sites for hydroxylation is 1. The molecule has 3 rings (SSSR count). The number of benzene rings is 1. The molecule has 3 aromatic rings. The first-order chi connectivity index (χ1) is 10.4. The maximum atomic E-state index is 11.2. The Morgan fingerprint density at radius 1 is 1.23 bits per heavy atom. The van der Waals surface area contributed by atoms with E-state index in [0.717, 1.165) is 27.7 Å². The molecule has 0 amide bonds.